The third-order valence-electron chi connectivity index (χ3n) is 6.07. The molecule has 27 heavy (non-hydrogen) atoms. The van der Waals surface area contributed by atoms with Crippen LogP contribution >= 0.6 is 0 Å². The van der Waals surface area contributed by atoms with Gasteiger partial charge in [0.2, 0.25) is 0 Å². The molecule has 0 amide bonds. The zero-order chi connectivity index (χ0) is 19.0. The molecule has 2 aromatic heterocycles. The molecule has 0 bridgehead atoms. The van der Waals surface area contributed by atoms with E-state index in [-0.39, 0.29) is 5.54 Å². The van der Waals surface area contributed by atoms with E-state index in [4.69, 9.17) is 0 Å². The second kappa shape index (κ2) is 7.08. The molecular formula is C22H28N4O. The molecule has 5 nitrogen and oxygen atoms in total. The smallest absolute Gasteiger partial charge is 0.139 e. The van der Waals surface area contributed by atoms with Crippen molar-refractivity contribution in [3.05, 3.63) is 66.0 Å². The van der Waals surface area contributed by atoms with E-state index in [2.05, 4.69) is 70.0 Å². The van der Waals surface area contributed by atoms with Crippen LogP contribution in [0.15, 0.2) is 54.9 Å². The lowest BCUT2D eigenvalue weighted by Crippen LogP contribution is -2.59. The SMILES string of the molecule is CN(C)[C@]1(c2ccccc2)CCN(Cc2cn(C)c3ncccc23)C[C@H]1O. The molecule has 0 aliphatic carbocycles. The van der Waals surface area contributed by atoms with Gasteiger partial charge in [0.1, 0.15) is 5.65 Å². The predicted octanol–water partition coefficient (Wildman–Crippen LogP) is 2.60. The van der Waals surface area contributed by atoms with Crippen molar-refractivity contribution in [2.75, 3.05) is 27.2 Å². The van der Waals surface area contributed by atoms with Crippen LogP contribution in [0.25, 0.3) is 11.0 Å². The summed E-state index contributed by atoms with van der Waals surface area (Å²) in [6.07, 6.45) is 4.45. The Morgan fingerprint density at radius 1 is 1.19 bits per heavy atom. The van der Waals surface area contributed by atoms with E-state index in [0.29, 0.717) is 6.54 Å². The number of fused-ring (bicyclic) bond motifs is 1. The lowest BCUT2D eigenvalue weighted by Gasteiger charge is -2.50. The molecule has 2 atom stereocenters. The minimum absolute atomic E-state index is 0.335. The molecule has 0 saturated carbocycles. The molecule has 1 fully saturated rings. The van der Waals surface area contributed by atoms with Crippen LogP contribution in [0.3, 0.4) is 0 Å². The second-order valence-electron chi connectivity index (χ2n) is 7.83. The molecule has 1 aliphatic rings. The number of rotatable bonds is 4. The normalized spacial score (nSPS) is 24.0. The monoisotopic (exact) mass is 364 g/mol. The van der Waals surface area contributed by atoms with Crippen LogP contribution in [0.5, 0.6) is 0 Å². The minimum atomic E-state index is -0.447. The number of nitrogens with zero attached hydrogens (tertiary/aromatic N) is 4. The number of hydrogen-bond acceptors (Lipinski definition) is 4. The van der Waals surface area contributed by atoms with Crippen LogP contribution in [-0.4, -0.2) is 57.7 Å². The van der Waals surface area contributed by atoms with Crippen LogP contribution in [0.4, 0.5) is 0 Å². The Morgan fingerprint density at radius 2 is 1.96 bits per heavy atom. The zero-order valence-electron chi connectivity index (χ0n) is 16.3. The van der Waals surface area contributed by atoms with E-state index < -0.39 is 6.10 Å². The van der Waals surface area contributed by atoms with Gasteiger partial charge in [-0.05, 0) is 43.8 Å². The quantitative estimate of drug-likeness (QED) is 0.773. The number of benzene rings is 1. The summed E-state index contributed by atoms with van der Waals surface area (Å²) >= 11 is 0. The summed E-state index contributed by atoms with van der Waals surface area (Å²) in [6, 6.07) is 14.5. The van der Waals surface area contributed by atoms with Crippen LogP contribution in [0.2, 0.25) is 0 Å². The Balaban J connectivity index is 1.58. The number of aliphatic hydroxyl groups is 1. The first-order valence-electron chi connectivity index (χ1n) is 9.54. The summed E-state index contributed by atoms with van der Waals surface area (Å²) in [4.78, 5) is 9.03. The van der Waals surface area contributed by atoms with E-state index in [1.165, 1.54) is 16.5 Å². The van der Waals surface area contributed by atoms with Crippen molar-refractivity contribution in [3.63, 3.8) is 0 Å². The molecule has 3 aromatic rings. The van der Waals surface area contributed by atoms with Crippen LogP contribution in [0.1, 0.15) is 17.5 Å². The first-order valence-corrected chi connectivity index (χ1v) is 9.54. The molecule has 142 valence electrons. The van der Waals surface area contributed by atoms with Crippen LogP contribution in [0, 0.1) is 0 Å². The van der Waals surface area contributed by atoms with E-state index in [1.807, 2.05) is 25.4 Å². The van der Waals surface area contributed by atoms with Gasteiger partial charge in [0.25, 0.3) is 0 Å². The molecule has 5 heteroatoms. The number of aromatic nitrogens is 2. The van der Waals surface area contributed by atoms with Crippen molar-refractivity contribution in [3.8, 4) is 0 Å². The lowest BCUT2D eigenvalue weighted by molar-refractivity contribution is -0.0702. The van der Waals surface area contributed by atoms with Crippen molar-refractivity contribution in [2.45, 2.75) is 24.6 Å². The molecule has 1 aromatic carbocycles. The third-order valence-corrected chi connectivity index (χ3v) is 6.07. The van der Waals surface area contributed by atoms with Crippen molar-refractivity contribution in [1.29, 1.82) is 0 Å². The molecule has 3 heterocycles. The standard InChI is InChI=1S/C22H28N4O/c1-24(2)22(18-8-5-4-6-9-18)11-13-26(16-20(22)27)15-17-14-25(3)21-19(17)10-7-12-23-21/h4-10,12,14,20,27H,11,13,15-16H2,1-3H3/t20-,22+/m1/s1. The molecule has 1 aliphatic heterocycles. The van der Waals surface area contributed by atoms with Crippen molar-refractivity contribution in [1.82, 2.24) is 19.4 Å². The number of hydrogen-bond donors (Lipinski definition) is 1. The highest BCUT2D eigenvalue weighted by atomic mass is 16.3. The molecular weight excluding hydrogens is 336 g/mol. The van der Waals surface area contributed by atoms with Gasteiger partial charge >= 0.3 is 0 Å². The van der Waals surface area contributed by atoms with Crippen molar-refractivity contribution < 1.29 is 5.11 Å². The van der Waals surface area contributed by atoms with Gasteiger partial charge in [-0.1, -0.05) is 30.3 Å². The first kappa shape index (κ1) is 18.2. The third kappa shape index (κ3) is 3.06. The summed E-state index contributed by atoms with van der Waals surface area (Å²) in [7, 11) is 6.18. The number of likely N-dealkylation sites (N-methyl/N-ethyl adjacent to an activating group) is 1. The number of β-amino-alcohol motifs (C(OH)–C–C–N with tert-alkyl or cyclic N) is 1. The van der Waals surface area contributed by atoms with Gasteiger partial charge in [0.05, 0.1) is 11.6 Å². The minimum Gasteiger partial charge on any atom is -0.389 e. The van der Waals surface area contributed by atoms with Gasteiger partial charge in [-0.25, -0.2) is 4.98 Å². The van der Waals surface area contributed by atoms with E-state index in [0.717, 1.165) is 25.2 Å². The topological polar surface area (TPSA) is 44.5 Å². The average Bonchev–Trinajstić information content (AvgIpc) is 2.99. The highest BCUT2D eigenvalue weighted by molar-refractivity contribution is 5.80. The summed E-state index contributed by atoms with van der Waals surface area (Å²) < 4.78 is 2.08. The Bertz CT molecular complexity index is 920. The lowest BCUT2D eigenvalue weighted by atomic mass is 9.77. The van der Waals surface area contributed by atoms with Gasteiger partial charge in [0, 0.05) is 44.5 Å². The molecule has 0 unspecified atom stereocenters. The fraction of sp³-hybridized carbons (Fsp3) is 0.409. The maximum Gasteiger partial charge on any atom is 0.139 e. The van der Waals surface area contributed by atoms with E-state index >= 15 is 0 Å². The van der Waals surface area contributed by atoms with Crippen LogP contribution in [-0.2, 0) is 19.1 Å². The Hall–Kier alpha value is -2.21. The van der Waals surface area contributed by atoms with E-state index in [9.17, 15) is 5.11 Å². The van der Waals surface area contributed by atoms with Crippen molar-refractivity contribution >= 4 is 11.0 Å². The Morgan fingerprint density at radius 3 is 2.67 bits per heavy atom. The summed E-state index contributed by atoms with van der Waals surface area (Å²) in [5, 5.41) is 12.4. The van der Waals surface area contributed by atoms with Gasteiger partial charge in [-0.3, -0.25) is 9.80 Å². The van der Waals surface area contributed by atoms with Crippen LogP contribution < -0.4 is 0 Å². The van der Waals surface area contributed by atoms with Gasteiger partial charge in [-0.15, -0.1) is 0 Å². The molecule has 0 spiro atoms. The molecule has 1 N–H and O–H groups in total. The number of piperidine rings is 1. The number of likely N-dealkylation sites (tertiary alicyclic amines) is 1. The fourth-order valence-electron chi connectivity index (χ4n) is 4.63. The molecule has 1 saturated heterocycles. The summed E-state index contributed by atoms with van der Waals surface area (Å²) in [5.74, 6) is 0. The highest BCUT2D eigenvalue weighted by Crippen LogP contribution is 2.38. The predicted molar refractivity (Wildman–Crippen MR) is 108 cm³/mol. The number of aryl methyl sites for hydroxylation is 1. The number of pyridine rings is 1. The molecule has 4 rings (SSSR count). The Kier molecular flexibility index (Phi) is 4.76. The summed E-state index contributed by atoms with van der Waals surface area (Å²) in [5.41, 5.74) is 3.14. The largest absolute Gasteiger partial charge is 0.389 e. The molecule has 0 radical (unpaired) electrons. The Labute approximate surface area is 160 Å². The maximum absolute atomic E-state index is 11.2. The highest BCUT2D eigenvalue weighted by Gasteiger charge is 2.45. The van der Waals surface area contributed by atoms with Gasteiger partial charge < -0.3 is 9.67 Å². The number of aliphatic hydroxyl groups excluding tert-OH is 1. The first-order chi connectivity index (χ1) is 13.0. The maximum atomic E-state index is 11.2. The van der Waals surface area contributed by atoms with Gasteiger partial charge in [-0.2, -0.15) is 0 Å². The van der Waals surface area contributed by atoms with E-state index in [1.54, 1.807) is 0 Å². The summed E-state index contributed by atoms with van der Waals surface area (Å²) in [6.45, 7) is 2.43. The fourth-order valence-corrected chi connectivity index (χ4v) is 4.63. The van der Waals surface area contributed by atoms with Crippen molar-refractivity contribution in [2.24, 2.45) is 7.05 Å². The average molecular weight is 364 g/mol. The zero-order valence-corrected chi connectivity index (χ0v) is 16.3. The van der Waals surface area contributed by atoms with Gasteiger partial charge in [0.15, 0.2) is 0 Å². The second-order valence-corrected chi connectivity index (χ2v) is 7.83.